The van der Waals surface area contributed by atoms with Gasteiger partial charge in [0.2, 0.25) is 5.95 Å². The predicted molar refractivity (Wildman–Crippen MR) is 110 cm³/mol. The zero-order valence-corrected chi connectivity index (χ0v) is 16.6. The van der Waals surface area contributed by atoms with Crippen molar-refractivity contribution in [2.45, 2.75) is 26.2 Å². The van der Waals surface area contributed by atoms with Crippen LogP contribution in [0.4, 0.5) is 22.2 Å². The van der Waals surface area contributed by atoms with Gasteiger partial charge in [-0.3, -0.25) is 4.79 Å². The molecule has 0 radical (unpaired) electrons. The number of nitrogens with one attached hydrogen (secondary N) is 1. The van der Waals surface area contributed by atoms with E-state index in [-0.39, 0.29) is 11.9 Å². The molecule has 8 heteroatoms. The molecule has 0 saturated carbocycles. The van der Waals surface area contributed by atoms with E-state index in [1.165, 1.54) is 0 Å². The van der Waals surface area contributed by atoms with Crippen LogP contribution in [0.1, 0.15) is 35.8 Å². The highest BCUT2D eigenvalue weighted by atomic mass is 16.6. The highest BCUT2D eigenvalue weighted by Crippen LogP contribution is 2.30. The van der Waals surface area contributed by atoms with Crippen molar-refractivity contribution in [2.75, 3.05) is 43.0 Å². The summed E-state index contributed by atoms with van der Waals surface area (Å²) < 4.78 is 5.08. The lowest BCUT2D eigenvalue weighted by Crippen LogP contribution is -2.49. The average molecular weight is 395 g/mol. The second kappa shape index (κ2) is 8.46. The van der Waals surface area contributed by atoms with Gasteiger partial charge >= 0.3 is 6.09 Å². The number of piperazine rings is 1. The Balaban J connectivity index is 1.59. The first-order chi connectivity index (χ1) is 14.2. The molecule has 2 aliphatic rings. The first kappa shape index (κ1) is 19.2. The summed E-state index contributed by atoms with van der Waals surface area (Å²) in [5, 5.41) is 3.30. The molecule has 152 valence electrons. The van der Waals surface area contributed by atoms with E-state index in [4.69, 9.17) is 14.7 Å². The molecule has 1 amide bonds. The number of benzene rings is 1. The monoisotopic (exact) mass is 395 g/mol. The van der Waals surface area contributed by atoms with Crippen LogP contribution in [0, 0.1) is 0 Å². The maximum absolute atomic E-state index is 12.6. The first-order valence-electron chi connectivity index (χ1n) is 10.1. The Morgan fingerprint density at radius 3 is 2.59 bits per heavy atom. The number of Topliss-reactive ketones (excluding diaryl/α,β-unsaturated/α-hetero) is 1. The van der Waals surface area contributed by atoms with Crippen molar-refractivity contribution >= 4 is 29.3 Å². The lowest BCUT2D eigenvalue weighted by Gasteiger charge is -2.34. The van der Waals surface area contributed by atoms with Gasteiger partial charge in [0.1, 0.15) is 5.82 Å². The van der Waals surface area contributed by atoms with Crippen molar-refractivity contribution in [1.82, 2.24) is 14.9 Å². The molecule has 1 aliphatic heterocycles. The Morgan fingerprint density at radius 1 is 1.10 bits per heavy atom. The molecule has 1 fully saturated rings. The van der Waals surface area contributed by atoms with Crippen LogP contribution in [0.25, 0.3) is 0 Å². The number of anilines is 3. The van der Waals surface area contributed by atoms with Crippen LogP contribution < -0.4 is 10.2 Å². The van der Waals surface area contributed by atoms with Gasteiger partial charge in [-0.05, 0) is 31.9 Å². The Kier molecular flexibility index (Phi) is 5.59. The third-order valence-electron chi connectivity index (χ3n) is 5.19. The molecule has 1 aromatic heterocycles. The zero-order chi connectivity index (χ0) is 20.2. The molecule has 0 unspecified atom stereocenters. The first-order valence-corrected chi connectivity index (χ1v) is 10.1. The second-order valence-corrected chi connectivity index (χ2v) is 7.13. The number of fused-ring (bicyclic) bond motifs is 1. The lowest BCUT2D eigenvalue weighted by molar-refractivity contribution is 0.0970. The molecule has 1 aliphatic carbocycles. The van der Waals surface area contributed by atoms with E-state index in [0.717, 1.165) is 24.2 Å². The number of aryl methyl sites for hydroxylation is 1. The van der Waals surface area contributed by atoms with Crippen molar-refractivity contribution in [2.24, 2.45) is 0 Å². The van der Waals surface area contributed by atoms with Gasteiger partial charge in [0.15, 0.2) is 5.78 Å². The third kappa shape index (κ3) is 4.16. The van der Waals surface area contributed by atoms with Crippen LogP contribution >= 0.6 is 0 Å². The van der Waals surface area contributed by atoms with Gasteiger partial charge in [-0.1, -0.05) is 18.2 Å². The molecule has 2 heterocycles. The molecular weight excluding hydrogens is 370 g/mol. The average Bonchev–Trinajstić information content (AvgIpc) is 2.74. The maximum atomic E-state index is 12.6. The quantitative estimate of drug-likeness (QED) is 0.851. The predicted octanol–water partition coefficient (Wildman–Crippen LogP) is 3.02. The summed E-state index contributed by atoms with van der Waals surface area (Å²) in [4.78, 5) is 37.7. The number of ketones is 1. The van der Waals surface area contributed by atoms with Gasteiger partial charge < -0.3 is 19.9 Å². The van der Waals surface area contributed by atoms with Crippen molar-refractivity contribution in [3.8, 4) is 0 Å². The fourth-order valence-electron chi connectivity index (χ4n) is 3.70. The summed E-state index contributed by atoms with van der Waals surface area (Å²) in [6, 6.07) is 9.71. The molecule has 0 atom stereocenters. The Hall–Kier alpha value is -3.16. The minimum absolute atomic E-state index is 0.0864. The fourth-order valence-corrected chi connectivity index (χ4v) is 3.70. The number of rotatable bonds is 4. The Bertz CT molecular complexity index is 895. The topological polar surface area (TPSA) is 87.7 Å². The van der Waals surface area contributed by atoms with E-state index in [9.17, 15) is 9.59 Å². The number of amides is 1. The number of hydrogen-bond acceptors (Lipinski definition) is 7. The number of aromatic nitrogens is 2. The standard InChI is InChI=1S/C21H25N5O3/c1-2-29-21(28)26-13-11-25(12-14-26)20-23-16-9-6-10-17(27)18(16)19(24-20)22-15-7-4-3-5-8-15/h3-5,7-8H,2,6,9-14H2,1H3,(H,22,23,24). The number of hydrogen-bond donors (Lipinski definition) is 1. The largest absolute Gasteiger partial charge is 0.450 e. The van der Waals surface area contributed by atoms with Gasteiger partial charge in [0.05, 0.1) is 17.9 Å². The summed E-state index contributed by atoms with van der Waals surface area (Å²) in [5.41, 5.74) is 2.29. The van der Waals surface area contributed by atoms with Crippen molar-refractivity contribution in [3.05, 3.63) is 41.6 Å². The van der Waals surface area contributed by atoms with E-state index in [1.807, 2.05) is 30.3 Å². The molecular formula is C21H25N5O3. The Labute approximate surface area is 169 Å². The summed E-state index contributed by atoms with van der Waals surface area (Å²) >= 11 is 0. The van der Waals surface area contributed by atoms with E-state index >= 15 is 0 Å². The smallest absolute Gasteiger partial charge is 0.409 e. The van der Waals surface area contributed by atoms with Gasteiger partial charge in [-0.2, -0.15) is 4.98 Å². The second-order valence-electron chi connectivity index (χ2n) is 7.13. The minimum Gasteiger partial charge on any atom is -0.450 e. The van der Waals surface area contributed by atoms with Crippen LogP contribution in [-0.4, -0.2) is 59.5 Å². The van der Waals surface area contributed by atoms with Crippen LogP contribution in [0.3, 0.4) is 0 Å². The molecule has 1 saturated heterocycles. The highest BCUT2D eigenvalue weighted by molar-refractivity contribution is 6.03. The minimum atomic E-state index is -0.282. The zero-order valence-electron chi connectivity index (χ0n) is 16.6. The van der Waals surface area contributed by atoms with Gasteiger partial charge in [-0.15, -0.1) is 0 Å². The van der Waals surface area contributed by atoms with E-state index in [1.54, 1.807) is 11.8 Å². The van der Waals surface area contributed by atoms with Crippen molar-refractivity contribution < 1.29 is 14.3 Å². The molecule has 4 rings (SSSR count). The van der Waals surface area contributed by atoms with Gasteiger partial charge in [0.25, 0.3) is 0 Å². The number of para-hydroxylation sites is 1. The number of carbonyl (C=O) groups excluding carboxylic acids is 2. The lowest BCUT2D eigenvalue weighted by atomic mass is 9.95. The molecule has 1 N–H and O–H groups in total. The summed E-state index contributed by atoms with van der Waals surface area (Å²) in [7, 11) is 0. The van der Waals surface area contributed by atoms with E-state index in [0.29, 0.717) is 56.5 Å². The van der Waals surface area contributed by atoms with Crippen LogP contribution in [0.15, 0.2) is 30.3 Å². The third-order valence-corrected chi connectivity index (χ3v) is 5.19. The Morgan fingerprint density at radius 2 is 1.86 bits per heavy atom. The maximum Gasteiger partial charge on any atom is 0.409 e. The SMILES string of the molecule is CCOC(=O)N1CCN(c2nc3c(c(Nc4ccccc4)n2)C(=O)CCC3)CC1. The highest BCUT2D eigenvalue weighted by Gasteiger charge is 2.28. The van der Waals surface area contributed by atoms with Crippen LogP contribution in [0.2, 0.25) is 0 Å². The fraction of sp³-hybridized carbons (Fsp3) is 0.429. The van der Waals surface area contributed by atoms with Gasteiger partial charge in [0, 0.05) is 38.3 Å². The summed E-state index contributed by atoms with van der Waals surface area (Å²) in [5.74, 6) is 1.25. The number of nitrogens with zero attached hydrogens (tertiary/aromatic N) is 4. The number of carbonyl (C=O) groups is 2. The molecule has 0 bridgehead atoms. The summed E-state index contributed by atoms with van der Waals surface area (Å²) in [6.07, 6.45) is 1.82. The molecule has 29 heavy (non-hydrogen) atoms. The van der Waals surface area contributed by atoms with Crippen molar-refractivity contribution in [3.63, 3.8) is 0 Å². The normalized spacial score (nSPS) is 16.4. The number of ether oxygens (including phenoxy) is 1. The van der Waals surface area contributed by atoms with Crippen molar-refractivity contribution in [1.29, 1.82) is 0 Å². The molecule has 8 nitrogen and oxygen atoms in total. The summed E-state index contributed by atoms with van der Waals surface area (Å²) in [6.45, 7) is 4.53. The molecule has 1 aromatic carbocycles. The van der Waals surface area contributed by atoms with E-state index < -0.39 is 0 Å². The van der Waals surface area contributed by atoms with Crippen LogP contribution in [0.5, 0.6) is 0 Å². The van der Waals surface area contributed by atoms with Crippen LogP contribution in [-0.2, 0) is 11.2 Å². The molecule has 0 spiro atoms. The van der Waals surface area contributed by atoms with Gasteiger partial charge in [-0.25, -0.2) is 9.78 Å². The van der Waals surface area contributed by atoms with E-state index in [2.05, 4.69) is 10.2 Å². The molecule has 2 aromatic rings.